The normalized spacial score (nSPS) is 11.8. The summed E-state index contributed by atoms with van der Waals surface area (Å²) in [7, 11) is 0. The molecule has 1 aromatic rings. The highest BCUT2D eigenvalue weighted by Gasteiger charge is 2.16. The largest absolute Gasteiger partial charge is 0.504 e. The van der Waals surface area contributed by atoms with Crippen LogP contribution >= 0.6 is 0 Å². The fraction of sp³-hybridized carbons (Fsp3) is 0.273. The summed E-state index contributed by atoms with van der Waals surface area (Å²) in [6, 6.07) is 3.41. The van der Waals surface area contributed by atoms with Crippen LogP contribution in [0.2, 0.25) is 0 Å². The Hall–Kier alpha value is -2.24. The molecule has 0 fully saturated rings. The van der Waals surface area contributed by atoms with Crippen LogP contribution in [-0.2, 0) is 4.79 Å². The van der Waals surface area contributed by atoms with Crippen LogP contribution in [0.25, 0.3) is 0 Å². The van der Waals surface area contributed by atoms with E-state index in [2.05, 4.69) is 5.32 Å². The predicted molar refractivity (Wildman–Crippen MR) is 59.0 cm³/mol. The van der Waals surface area contributed by atoms with E-state index in [4.69, 9.17) is 5.11 Å². The molecule has 1 aromatic carbocycles. The van der Waals surface area contributed by atoms with E-state index in [9.17, 15) is 19.8 Å². The van der Waals surface area contributed by atoms with Gasteiger partial charge in [-0.2, -0.15) is 0 Å². The highest BCUT2D eigenvalue weighted by atomic mass is 16.4. The number of nitrogens with one attached hydrogen (secondary N) is 1. The van der Waals surface area contributed by atoms with Gasteiger partial charge in [0.1, 0.15) is 0 Å². The fourth-order valence-corrected chi connectivity index (χ4v) is 1.33. The summed E-state index contributed by atoms with van der Waals surface area (Å²) < 4.78 is 0. The Bertz CT molecular complexity index is 443. The number of carboxylic acids is 1. The minimum Gasteiger partial charge on any atom is -0.504 e. The van der Waals surface area contributed by atoms with Gasteiger partial charge >= 0.3 is 5.97 Å². The van der Waals surface area contributed by atoms with Crippen molar-refractivity contribution < 1.29 is 24.9 Å². The van der Waals surface area contributed by atoms with E-state index in [1.165, 1.54) is 25.1 Å². The van der Waals surface area contributed by atoms with Gasteiger partial charge in [-0.15, -0.1) is 0 Å². The van der Waals surface area contributed by atoms with Crippen molar-refractivity contribution in [3.63, 3.8) is 0 Å². The molecule has 0 spiro atoms. The van der Waals surface area contributed by atoms with Crippen LogP contribution in [0.15, 0.2) is 18.2 Å². The first-order chi connectivity index (χ1) is 7.91. The Kier molecular flexibility index (Phi) is 3.92. The molecule has 1 atom stereocenters. The Morgan fingerprint density at radius 1 is 1.35 bits per heavy atom. The fourth-order valence-electron chi connectivity index (χ4n) is 1.33. The molecule has 0 aliphatic carbocycles. The molecule has 1 amide bonds. The second-order valence-electron chi connectivity index (χ2n) is 3.65. The van der Waals surface area contributed by atoms with Gasteiger partial charge in [-0.1, -0.05) is 6.07 Å². The summed E-state index contributed by atoms with van der Waals surface area (Å²) in [6.07, 6.45) is -0.217. The Morgan fingerprint density at radius 2 is 2.00 bits per heavy atom. The summed E-state index contributed by atoms with van der Waals surface area (Å²) in [4.78, 5) is 22.0. The van der Waals surface area contributed by atoms with Gasteiger partial charge in [0.2, 0.25) is 0 Å². The number of hydrogen-bond donors (Lipinski definition) is 4. The molecule has 0 aliphatic rings. The highest BCUT2D eigenvalue weighted by Crippen LogP contribution is 2.27. The van der Waals surface area contributed by atoms with Gasteiger partial charge in [0, 0.05) is 6.04 Å². The van der Waals surface area contributed by atoms with Crippen molar-refractivity contribution in [1.82, 2.24) is 5.32 Å². The van der Waals surface area contributed by atoms with E-state index in [0.29, 0.717) is 0 Å². The molecule has 0 aromatic heterocycles. The zero-order valence-corrected chi connectivity index (χ0v) is 9.17. The van der Waals surface area contributed by atoms with Crippen molar-refractivity contribution in [2.75, 3.05) is 0 Å². The maximum absolute atomic E-state index is 11.6. The van der Waals surface area contributed by atoms with E-state index in [0.717, 1.165) is 0 Å². The molecule has 0 aliphatic heterocycles. The van der Waals surface area contributed by atoms with Crippen LogP contribution < -0.4 is 5.32 Å². The van der Waals surface area contributed by atoms with E-state index < -0.39 is 29.4 Å². The van der Waals surface area contributed by atoms with Gasteiger partial charge < -0.3 is 20.6 Å². The minimum atomic E-state index is -1.03. The molecule has 0 saturated heterocycles. The number of aliphatic carboxylic acids is 1. The van der Waals surface area contributed by atoms with Gasteiger partial charge in [-0.3, -0.25) is 9.59 Å². The van der Waals surface area contributed by atoms with Crippen molar-refractivity contribution in [1.29, 1.82) is 0 Å². The second kappa shape index (κ2) is 5.20. The number of aromatic hydroxyl groups is 2. The van der Waals surface area contributed by atoms with Crippen LogP contribution in [-0.4, -0.2) is 33.2 Å². The number of para-hydroxylation sites is 1. The first kappa shape index (κ1) is 12.8. The smallest absolute Gasteiger partial charge is 0.305 e. The van der Waals surface area contributed by atoms with Crippen LogP contribution in [0.4, 0.5) is 0 Å². The lowest BCUT2D eigenvalue weighted by molar-refractivity contribution is -0.137. The topological polar surface area (TPSA) is 107 Å². The molecule has 17 heavy (non-hydrogen) atoms. The molecule has 0 heterocycles. The van der Waals surface area contributed by atoms with Gasteiger partial charge in [-0.05, 0) is 19.1 Å². The molecule has 0 radical (unpaired) electrons. The number of carboxylic acid groups (broad SMARTS) is 1. The monoisotopic (exact) mass is 239 g/mol. The summed E-state index contributed by atoms with van der Waals surface area (Å²) in [5.41, 5.74) is -0.0951. The van der Waals surface area contributed by atoms with E-state index in [-0.39, 0.29) is 12.0 Å². The third kappa shape index (κ3) is 3.37. The van der Waals surface area contributed by atoms with Crippen LogP contribution in [0.3, 0.4) is 0 Å². The lowest BCUT2D eigenvalue weighted by atomic mass is 10.1. The molecule has 1 rings (SSSR count). The van der Waals surface area contributed by atoms with E-state index in [1.807, 2.05) is 0 Å². The maximum atomic E-state index is 11.6. The molecule has 4 N–H and O–H groups in total. The molecule has 0 bridgehead atoms. The summed E-state index contributed by atoms with van der Waals surface area (Å²) in [6.45, 7) is 1.53. The van der Waals surface area contributed by atoms with E-state index >= 15 is 0 Å². The first-order valence-corrected chi connectivity index (χ1v) is 4.95. The van der Waals surface area contributed by atoms with Gasteiger partial charge in [-0.25, -0.2) is 0 Å². The lowest BCUT2D eigenvalue weighted by Crippen LogP contribution is -2.34. The van der Waals surface area contributed by atoms with Crippen LogP contribution in [0.1, 0.15) is 23.7 Å². The van der Waals surface area contributed by atoms with Crippen molar-refractivity contribution >= 4 is 11.9 Å². The Balaban J connectivity index is 2.77. The summed E-state index contributed by atoms with van der Waals surface area (Å²) in [5.74, 6) is -2.58. The summed E-state index contributed by atoms with van der Waals surface area (Å²) >= 11 is 0. The molecular weight excluding hydrogens is 226 g/mol. The average molecular weight is 239 g/mol. The highest BCUT2D eigenvalue weighted by molar-refractivity contribution is 5.97. The van der Waals surface area contributed by atoms with Gasteiger partial charge in [0.15, 0.2) is 11.5 Å². The molecule has 6 heteroatoms. The number of benzene rings is 1. The third-order valence-corrected chi connectivity index (χ3v) is 2.12. The van der Waals surface area contributed by atoms with Crippen molar-refractivity contribution in [2.45, 2.75) is 19.4 Å². The third-order valence-electron chi connectivity index (χ3n) is 2.12. The Labute approximate surface area is 97.5 Å². The number of phenolic OH excluding ortho intramolecular Hbond substituents is 2. The van der Waals surface area contributed by atoms with E-state index in [1.54, 1.807) is 0 Å². The van der Waals surface area contributed by atoms with Gasteiger partial charge in [0.25, 0.3) is 5.91 Å². The first-order valence-electron chi connectivity index (χ1n) is 4.95. The van der Waals surface area contributed by atoms with Crippen LogP contribution in [0.5, 0.6) is 11.5 Å². The number of rotatable bonds is 4. The minimum absolute atomic E-state index is 0.0951. The zero-order valence-electron chi connectivity index (χ0n) is 9.17. The molecule has 6 nitrogen and oxygen atoms in total. The number of carbonyl (C=O) groups excluding carboxylic acids is 1. The Morgan fingerprint density at radius 3 is 2.59 bits per heavy atom. The number of carbonyl (C=O) groups is 2. The van der Waals surface area contributed by atoms with Crippen molar-refractivity contribution in [3.05, 3.63) is 23.8 Å². The SMILES string of the molecule is CC(CC(=O)O)NC(=O)c1cccc(O)c1O. The standard InChI is InChI=1S/C11H13NO5/c1-6(5-9(14)15)12-11(17)7-3-2-4-8(13)10(7)16/h2-4,6,13,16H,5H2,1H3,(H,12,17)(H,14,15). The maximum Gasteiger partial charge on any atom is 0.305 e. The molecule has 1 unspecified atom stereocenters. The average Bonchev–Trinajstić information content (AvgIpc) is 2.20. The van der Waals surface area contributed by atoms with Crippen LogP contribution in [0, 0.1) is 0 Å². The van der Waals surface area contributed by atoms with Crippen molar-refractivity contribution in [3.8, 4) is 11.5 Å². The lowest BCUT2D eigenvalue weighted by Gasteiger charge is -2.12. The molecule has 92 valence electrons. The quantitative estimate of drug-likeness (QED) is 0.578. The zero-order chi connectivity index (χ0) is 13.0. The number of amides is 1. The number of hydrogen-bond acceptors (Lipinski definition) is 4. The molecule has 0 saturated carbocycles. The second-order valence-corrected chi connectivity index (χ2v) is 3.65. The predicted octanol–water partition coefficient (Wildman–Crippen LogP) is 0.691. The number of phenols is 2. The van der Waals surface area contributed by atoms with Crippen molar-refractivity contribution in [2.24, 2.45) is 0 Å². The molecular formula is C11H13NO5. The summed E-state index contributed by atoms with van der Waals surface area (Å²) in [5, 5.41) is 29.6. The van der Waals surface area contributed by atoms with Gasteiger partial charge in [0.05, 0.1) is 12.0 Å².